The number of likely N-dealkylation sites (tertiary alicyclic amines) is 1. The van der Waals surface area contributed by atoms with Crippen molar-refractivity contribution in [2.75, 3.05) is 31.1 Å². The van der Waals surface area contributed by atoms with E-state index in [0.717, 1.165) is 50.2 Å². The van der Waals surface area contributed by atoms with Gasteiger partial charge in [0.25, 0.3) is 0 Å². The van der Waals surface area contributed by atoms with E-state index in [4.69, 9.17) is 4.98 Å². The van der Waals surface area contributed by atoms with Crippen LogP contribution in [0.3, 0.4) is 0 Å². The van der Waals surface area contributed by atoms with E-state index in [9.17, 15) is 4.79 Å². The average Bonchev–Trinajstić information content (AvgIpc) is 2.80. The maximum Gasteiger partial charge on any atom is 0.222 e. The Kier molecular flexibility index (Phi) is 6.94. The average molecular weight is 453 g/mol. The number of carbonyl (C=O) groups excluding carboxylic acids is 1. The van der Waals surface area contributed by atoms with Gasteiger partial charge in [-0.2, -0.15) is 0 Å². The van der Waals surface area contributed by atoms with Crippen LogP contribution in [-0.4, -0.2) is 47.0 Å². The second-order valence-electron chi connectivity index (χ2n) is 12.3. The van der Waals surface area contributed by atoms with E-state index in [1.807, 2.05) is 6.20 Å². The highest BCUT2D eigenvalue weighted by molar-refractivity contribution is 5.76. The van der Waals surface area contributed by atoms with E-state index in [1.165, 1.54) is 70.6 Å². The smallest absolute Gasteiger partial charge is 0.222 e. The Morgan fingerprint density at radius 1 is 0.970 bits per heavy atom. The number of piperidine rings is 2. The van der Waals surface area contributed by atoms with Crippen molar-refractivity contribution in [1.82, 2.24) is 14.9 Å². The Morgan fingerprint density at radius 2 is 1.73 bits per heavy atom. The molecule has 2 saturated heterocycles. The van der Waals surface area contributed by atoms with Crippen LogP contribution in [0.25, 0.3) is 0 Å². The third-order valence-corrected chi connectivity index (χ3v) is 9.39. The summed E-state index contributed by atoms with van der Waals surface area (Å²) >= 11 is 0. The lowest BCUT2D eigenvalue weighted by atomic mass is 9.72. The molecule has 182 valence electrons. The van der Waals surface area contributed by atoms with Crippen LogP contribution < -0.4 is 4.90 Å². The van der Waals surface area contributed by atoms with Crippen LogP contribution in [0.2, 0.25) is 0 Å². The summed E-state index contributed by atoms with van der Waals surface area (Å²) in [5, 5.41) is 0. The summed E-state index contributed by atoms with van der Waals surface area (Å²) < 4.78 is 0. The maximum absolute atomic E-state index is 13.1. The molecule has 5 rings (SSSR count). The van der Waals surface area contributed by atoms with Gasteiger partial charge in [0.1, 0.15) is 11.6 Å². The van der Waals surface area contributed by atoms with Crippen molar-refractivity contribution in [1.29, 1.82) is 0 Å². The number of hydrogen-bond donors (Lipinski definition) is 0. The normalized spacial score (nSPS) is 27.4. The predicted octanol–water partition coefficient (Wildman–Crippen LogP) is 5.81. The number of rotatable bonds is 5. The maximum atomic E-state index is 13.1. The second-order valence-corrected chi connectivity index (χ2v) is 12.3. The molecule has 2 aliphatic carbocycles. The largest absolute Gasteiger partial charge is 0.356 e. The summed E-state index contributed by atoms with van der Waals surface area (Å²) in [6, 6.07) is 2.09. The Balaban J connectivity index is 1.10. The van der Waals surface area contributed by atoms with Gasteiger partial charge in [-0.25, -0.2) is 9.97 Å². The molecule has 5 nitrogen and oxygen atoms in total. The minimum absolute atomic E-state index is 0.436. The number of amides is 1. The third kappa shape index (κ3) is 5.54. The van der Waals surface area contributed by atoms with Gasteiger partial charge in [0.05, 0.1) is 0 Å². The van der Waals surface area contributed by atoms with Crippen molar-refractivity contribution in [2.45, 2.75) is 96.8 Å². The fraction of sp³-hybridized carbons (Fsp3) is 0.821. The highest BCUT2D eigenvalue weighted by Gasteiger charge is 2.34. The van der Waals surface area contributed by atoms with Crippen LogP contribution in [0, 0.1) is 23.2 Å². The fourth-order valence-corrected chi connectivity index (χ4v) is 6.66. The molecule has 1 aromatic rings. The standard InChI is InChI=1S/C28H44N4O/c1-28(2)13-8-21(9-14-28)19-26(33)32-16-4-7-24(20-32)22-11-17-31(18-12-22)25-10-15-29-27(30-25)23-5-3-6-23/h10,15,21-24H,3-9,11-14,16-20H2,1-2H3. The van der Waals surface area contributed by atoms with E-state index < -0.39 is 0 Å². The first-order valence-corrected chi connectivity index (χ1v) is 13.8. The summed E-state index contributed by atoms with van der Waals surface area (Å²) in [5.41, 5.74) is 0.481. The number of nitrogens with zero attached hydrogens (tertiary/aromatic N) is 4. The molecule has 0 radical (unpaired) electrons. The van der Waals surface area contributed by atoms with Gasteiger partial charge in [0.15, 0.2) is 0 Å². The van der Waals surface area contributed by atoms with E-state index >= 15 is 0 Å². The molecular weight excluding hydrogens is 408 g/mol. The number of anilines is 1. The Labute approximate surface area is 200 Å². The first kappa shape index (κ1) is 23.1. The molecule has 1 unspecified atom stereocenters. The van der Waals surface area contributed by atoms with Crippen LogP contribution in [0.1, 0.15) is 103 Å². The van der Waals surface area contributed by atoms with Gasteiger partial charge in [-0.1, -0.05) is 20.3 Å². The lowest BCUT2D eigenvalue weighted by Gasteiger charge is -2.42. The first-order valence-electron chi connectivity index (χ1n) is 13.8. The lowest BCUT2D eigenvalue weighted by molar-refractivity contribution is -0.135. The van der Waals surface area contributed by atoms with Crippen LogP contribution in [0.15, 0.2) is 12.3 Å². The molecule has 4 aliphatic rings. The molecule has 0 N–H and O–H groups in total. The van der Waals surface area contributed by atoms with E-state index in [-0.39, 0.29) is 0 Å². The molecule has 3 heterocycles. The monoisotopic (exact) mass is 452 g/mol. The topological polar surface area (TPSA) is 49.3 Å². The predicted molar refractivity (Wildman–Crippen MR) is 133 cm³/mol. The quantitative estimate of drug-likeness (QED) is 0.566. The van der Waals surface area contributed by atoms with Gasteiger partial charge >= 0.3 is 0 Å². The van der Waals surface area contributed by atoms with Crippen molar-refractivity contribution >= 4 is 11.7 Å². The highest BCUT2D eigenvalue weighted by Crippen LogP contribution is 2.40. The molecule has 1 atom stereocenters. The van der Waals surface area contributed by atoms with Gasteiger partial charge in [-0.05, 0) is 93.4 Å². The zero-order valence-electron chi connectivity index (χ0n) is 21.0. The molecular formula is C28H44N4O. The van der Waals surface area contributed by atoms with Gasteiger partial charge in [0, 0.05) is 44.7 Å². The van der Waals surface area contributed by atoms with Gasteiger partial charge < -0.3 is 9.80 Å². The summed E-state index contributed by atoms with van der Waals surface area (Å²) in [4.78, 5) is 27.3. The summed E-state index contributed by atoms with van der Waals surface area (Å²) in [6.07, 6.45) is 16.5. The zero-order chi connectivity index (χ0) is 22.8. The van der Waals surface area contributed by atoms with Gasteiger partial charge in [-0.3, -0.25) is 4.79 Å². The van der Waals surface area contributed by atoms with Crippen molar-refractivity contribution in [3.05, 3.63) is 18.1 Å². The molecule has 1 amide bonds. The van der Waals surface area contributed by atoms with Crippen molar-refractivity contribution in [3.8, 4) is 0 Å². The first-order chi connectivity index (χ1) is 16.0. The Bertz CT molecular complexity index is 802. The number of carbonyl (C=O) groups is 1. The highest BCUT2D eigenvalue weighted by atomic mass is 16.2. The number of hydrogen-bond acceptors (Lipinski definition) is 4. The minimum Gasteiger partial charge on any atom is -0.356 e. The molecule has 33 heavy (non-hydrogen) atoms. The Hall–Kier alpha value is -1.65. The Morgan fingerprint density at radius 3 is 2.42 bits per heavy atom. The van der Waals surface area contributed by atoms with Crippen LogP contribution in [0.5, 0.6) is 0 Å². The number of aromatic nitrogens is 2. The fourth-order valence-electron chi connectivity index (χ4n) is 6.66. The zero-order valence-corrected chi connectivity index (χ0v) is 21.0. The molecule has 2 aliphatic heterocycles. The summed E-state index contributed by atoms with van der Waals surface area (Å²) in [5.74, 6) is 5.27. The molecule has 0 bridgehead atoms. The molecule has 0 spiro atoms. The minimum atomic E-state index is 0.436. The molecule has 2 saturated carbocycles. The summed E-state index contributed by atoms with van der Waals surface area (Å²) in [7, 11) is 0. The molecule has 5 heteroatoms. The lowest BCUT2D eigenvalue weighted by Crippen LogP contribution is -2.45. The third-order valence-electron chi connectivity index (χ3n) is 9.39. The molecule has 0 aromatic carbocycles. The van der Waals surface area contributed by atoms with E-state index in [0.29, 0.717) is 29.1 Å². The van der Waals surface area contributed by atoms with Crippen LogP contribution in [-0.2, 0) is 4.79 Å². The van der Waals surface area contributed by atoms with E-state index in [1.54, 1.807) is 0 Å². The van der Waals surface area contributed by atoms with Crippen LogP contribution >= 0.6 is 0 Å². The molecule has 1 aromatic heterocycles. The molecule has 4 fully saturated rings. The summed E-state index contributed by atoms with van der Waals surface area (Å²) in [6.45, 7) is 8.92. The second kappa shape index (κ2) is 9.92. The van der Waals surface area contributed by atoms with Crippen molar-refractivity contribution < 1.29 is 4.79 Å². The van der Waals surface area contributed by atoms with Crippen LogP contribution in [0.4, 0.5) is 5.82 Å². The van der Waals surface area contributed by atoms with Crippen molar-refractivity contribution in [3.63, 3.8) is 0 Å². The van der Waals surface area contributed by atoms with Crippen molar-refractivity contribution in [2.24, 2.45) is 23.2 Å². The van der Waals surface area contributed by atoms with Gasteiger partial charge in [0.2, 0.25) is 5.91 Å². The SMILES string of the molecule is CC1(C)CCC(CC(=O)N2CCCC(C3CCN(c4ccnc(C5CCC5)n4)CC3)C2)CC1. The van der Waals surface area contributed by atoms with E-state index in [2.05, 4.69) is 34.7 Å². The van der Waals surface area contributed by atoms with Gasteiger partial charge in [-0.15, -0.1) is 0 Å².